The first kappa shape index (κ1) is 15.1. The van der Waals surface area contributed by atoms with Crippen LogP contribution in [0.25, 0.3) is 0 Å². The maximum atomic E-state index is 12.2. The maximum absolute atomic E-state index is 12.2. The van der Waals surface area contributed by atoms with Gasteiger partial charge in [-0.3, -0.25) is 0 Å². The van der Waals surface area contributed by atoms with Gasteiger partial charge in [0.15, 0.2) is 0 Å². The molecule has 1 aromatic carbocycles. The second-order valence-electron chi connectivity index (χ2n) is 4.43. The fourth-order valence-electron chi connectivity index (χ4n) is 1.95. The van der Waals surface area contributed by atoms with Crippen molar-refractivity contribution >= 4 is 10.0 Å². The molecule has 1 atom stereocenters. The molecule has 1 fully saturated rings. The van der Waals surface area contributed by atoms with Crippen molar-refractivity contribution in [2.45, 2.75) is 23.7 Å². The van der Waals surface area contributed by atoms with E-state index >= 15 is 0 Å². The monoisotopic (exact) mass is 310 g/mol. The number of halogens is 3. The molecule has 0 spiro atoms. The Kier molecular flexibility index (Phi) is 3.94. The molecule has 0 bridgehead atoms. The summed E-state index contributed by atoms with van der Waals surface area (Å²) in [5, 5.41) is 0. The molecule has 112 valence electrons. The number of benzene rings is 1. The van der Waals surface area contributed by atoms with Crippen molar-refractivity contribution in [2.75, 3.05) is 13.1 Å². The molecular formula is C11H13F3N2O3S. The molecule has 1 heterocycles. The molecular weight excluding hydrogens is 297 g/mol. The minimum absolute atomic E-state index is 0.159. The van der Waals surface area contributed by atoms with Gasteiger partial charge in [-0.2, -0.15) is 4.31 Å². The number of nitrogens with two attached hydrogens (primary N) is 1. The Labute approximate surface area is 114 Å². The first-order valence-corrected chi connectivity index (χ1v) is 7.24. The summed E-state index contributed by atoms with van der Waals surface area (Å²) in [4.78, 5) is -0.242. The van der Waals surface area contributed by atoms with Gasteiger partial charge in [-0.1, -0.05) is 6.07 Å². The van der Waals surface area contributed by atoms with E-state index in [-0.39, 0.29) is 24.0 Å². The van der Waals surface area contributed by atoms with Crippen LogP contribution >= 0.6 is 0 Å². The Hall–Kier alpha value is -1.32. The van der Waals surface area contributed by atoms with Crippen molar-refractivity contribution in [3.05, 3.63) is 24.3 Å². The molecule has 1 saturated heterocycles. The summed E-state index contributed by atoms with van der Waals surface area (Å²) in [5.41, 5.74) is 5.63. The standard InChI is InChI=1S/C11H13F3N2O3S/c12-11(13,14)19-9-2-1-3-10(6-9)20(17,18)16-5-4-8(15)7-16/h1-3,6,8H,4-5,7,15H2. The number of hydrogen-bond acceptors (Lipinski definition) is 4. The number of alkyl halides is 3. The van der Waals surface area contributed by atoms with E-state index in [1.165, 1.54) is 12.1 Å². The van der Waals surface area contributed by atoms with Crippen LogP contribution in [-0.4, -0.2) is 38.2 Å². The van der Waals surface area contributed by atoms with Crippen LogP contribution in [0.4, 0.5) is 13.2 Å². The molecule has 9 heteroatoms. The fourth-order valence-corrected chi connectivity index (χ4v) is 3.50. The largest absolute Gasteiger partial charge is 0.573 e. The SMILES string of the molecule is NC1CCN(S(=O)(=O)c2cccc(OC(F)(F)F)c2)C1. The zero-order chi connectivity index (χ0) is 15.0. The molecule has 0 aromatic heterocycles. The molecule has 1 unspecified atom stereocenters. The smallest absolute Gasteiger partial charge is 0.406 e. The first-order chi connectivity index (χ1) is 9.18. The van der Waals surface area contributed by atoms with Crippen molar-refractivity contribution in [3.63, 3.8) is 0 Å². The molecule has 0 amide bonds. The van der Waals surface area contributed by atoms with Crippen LogP contribution in [0.3, 0.4) is 0 Å². The highest BCUT2D eigenvalue weighted by molar-refractivity contribution is 7.89. The van der Waals surface area contributed by atoms with E-state index in [2.05, 4.69) is 4.74 Å². The number of rotatable bonds is 3. The van der Waals surface area contributed by atoms with Crippen molar-refractivity contribution in [1.29, 1.82) is 0 Å². The van der Waals surface area contributed by atoms with Gasteiger partial charge in [-0.15, -0.1) is 13.2 Å². The van der Waals surface area contributed by atoms with Gasteiger partial charge < -0.3 is 10.5 Å². The highest BCUT2D eigenvalue weighted by Gasteiger charge is 2.33. The maximum Gasteiger partial charge on any atom is 0.573 e. The lowest BCUT2D eigenvalue weighted by molar-refractivity contribution is -0.274. The summed E-state index contributed by atoms with van der Waals surface area (Å²) in [6, 6.07) is 4.07. The Morgan fingerprint density at radius 1 is 1.35 bits per heavy atom. The Bertz CT molecular complexity index is 589. The van der Waals surface area contributed by atoms with Crippen LogP contribution < -0.4 is 10.5 Å². The number of ether oxygens (including phenoxy) is 1. The number of sulfonamides is 1. The van der Waals surface area contributed by atoms with Gasteiger partial charge in [0.05, 0.1) is 4.90 Å². The topological polar surface area (TPSA) is 72.6 Å². The van der Waals surface area contributed by atoms with Crippen LogP contribution in [-0.2, 0) is 10.0 Å². The van der Waals surface area contributed by atoms with Crippen molar-refractivity contribution in [1.82, 2.24) is 4.31 Å². The predicted molar refractivity (Wildman–Crippen MR) is 64.5 cm³/mol. The molecule has 20 heavy (non-hydrogen) atoms. The van der Waals surface area contributed by atoms with E-state index in [4.69, 9.17) is 5.73 Å². The quantitative estimate of drug-likeness (QED) is 0.913. The van der Waals surface area contributed by atoms with Gasteiger partial charge in [0, 0.05) is 25.2 Å². The lowest BCUT2D eigenvalue weighted by Crippen LogP contribution is -2.32. The van der Waals surface area contributed by atoms with Crippen LogP contribution in [0.1, 0.15) is 6.42 Å². The molecule has 2 N–H and O–H groups in total. The summed E-state index contributed by atoms with van der Waals surface area (Å²) >= 11 is 0. The van der Waals surface area contributed by atoms with E-state index in [0.29, 0.717) is 6.42 Å². The molecule has 2 rings (SSSR count). The van der Waals surface area contributed by atoms with Crippen LogP contribution in [0.15, 0.2) is 29.2 Å². The molecule has 0 aliphatic carbocycles. The zero-order valence-corrected chi connectivity index (χ0v) is 11.1. The van der Waals surface area contributed by atoms with E-state index in [1.807, 2.05) is 0 Å². The average molecular weight is 310 g/mol. The van der Waals surface area contributed by atoms with Gasteiger partial charge in [0.2, 0.25) is 10.0 Å². The summed E-state index contributed by atoms with van der Waals surface area (Å²) in [5.74, 6) is -0.568. The summed E-state index contributed by atoms with van der Waals surface area (Å²) in [7, 11) is -3.84. The predicted octanol–water partition coefficient (Wildman–Crippen LogP) is 1.31. The second kappa shape index (κ2) is 5.23. The normalized spacial score (nSPS) is 21.1. The molecule has 1 aromatic rings. The molecule has 0 saturated carbocycles. The van der Waals surface area contributed by atoms with E-state index < -0.39 is 22.1 Å². The highest BCUT2D eigenvalue weighted by atomic mass is 32.2. The average Bonchev–Trinajstić information content (AvgIpc) is 2.74. The number of nitrogens with zero attached hydrogens (tertiary/aromatic N) is 1. The third kappa shape index (κ3) is 3.41. The Morgan fingerprint density at radius 3 is 2.60 bits per heavy atom. The molecule has 1 aliphatic rings. The fraction of sp³-hybridized carbons (Fsp3) is 0.455. The van der Waals surface area contributed by atoms with Gasteiger partial charge in [0.1, 0.15) is 5.75 Å². The number of hydrogen-bond donors (Lipinski definition) is 1. The lowest BCUT2D eigenvalue weighted by Gasteiger charge is -2.16. The van der Waals surface area contributed by atoms with E-state index in [9.17, 15) is 21.6 Å². The van der Waals surface area contributed by atoms with Crippen molar-refractivity contribution in [2.24, 2.45) is 5.73 Å². The van der Waals surface area contributed by atoms with Gasteiger partial charge in [-0.25, -0.2) is 8.42 Å². The van der Waals surface area contributed by atoms with E-state index in [0.717, 1.165) is 16.4 Å². The van der Waals surface area contributed by atoms with Crippen LogP contribution in [0.5, 0.6) is 5.75 Å². The Morgan fingerprint density at radius 2 is 2.05 bits per heavy atom. The first-order valence-electron chi connectivity index (χ1n) is 5.80. The van der Waals surface area contributed by atoms with Gasteiger partial charge in [-0.05, 0) is 18.6 Å². The second-order valence-corrected chi connectivity index (χ2v) is 6.37. The van der Waals surface area contributed by atoms with Gasteiger partial charge in [0.25, 0.3) is 0 Å². The summed E-state index contributed by atoms with van der Waals surface area (Å²) in [6.07, 6.45) is -4.34. The minimum atomic E-state index is -4.86. The third-order valence-electron chi connectivity index (χ3n) is 2.86. The van der Waals surface area contributed by atoms with Crippen LogP contribution in [0, 0.1) is 0 Å². The van der Waals surface area contributed by atoms with Crippen molar-refractivity contribution < 1.29 is 26.3 Å². The molecule has 5 nitrogen and oxygen atoms in total. The lowest BCUT2D eigenvalue weighted by atomic mass is 10.3. The molecule has 0 radical (unpaired) electrons. The minimum Gasteiger partial charge on any atom is -0.406 e. The Balaban J connectivity index is 2.26. The van der Waals surface area contributed by atoms with E-state index in [1.54, 1.807) is 0 Å². The third-order valence-corrected chi connectivity index (χ3v) is 4.73. The summed E-state index contributed by atoms with van der Waals surface area (Å²) in [6.45, 7) is 0.417. The zero-order valence-electron chi connectivity index (χ0n) is 10.3. The van der Waals surface area contributed by atoms with Crippen LogP contribution in [0.2, 0.25) is 0 Å². The highest BCUT2D eigenvalue weighted by Crippen LogP contribution is 2.27. The molecule has 1 aliphatic heterocycles. The van der Waals surface area contributed by atoms with Crippen molar-refractivity contribution in [3.8, 4) is 5.75 Å². The van der Waals surface area contributed by atoms with Gasteiger partial charge >= 0.3 is 6.36 Å². The summed E-state index contributed by atoms with van der Waals surface area (Å²) < 4.78 is 65.7.